The maximum absolute atomic E-state index is 10.4. The second-order valence-corrected chi connectivity index (χ2v) is 4.80. The minimum atomic E-state index is -1.59. The third-order valence-electron chi connectivity index (χ3n) is 0.787. The molecule has 0 bridgehead atoms. The van der Waals surface area contributed by atoms with E-state index in [1.807, 2.05) is 0 Å². The van der Waals surface area contributed by atoms with Gasteiger partial charge in [-0.3, -0.25) is 14.4 Å². The van der Waals surface area contributed by atoms with E-state index in [1.165, 1.54) is 0 Å². The van der Waals surface area contributed by atoms with Crippen LogP contribution < -0.4 is 0 Å². The SMILES string of the molecule is CC(=O)O[B-](OC(C)=O)OC(C)=O.C[N+](C)(C)C. The fourth-order valence-electron chi connectivity index (χ4n) is 0.479. The Labute approximate surface area is 108 Å². The van der Waals surface area contributed by atoms with E-state index in [2.05, 4.69) is 42.2 Å². The van der Waals surface area contributed by atoms with Crippen LogP contribution in [-0.2, 0) is 28.3 Å². The molecule has 0 aromatic rings. The Hall–Kier alpha value is -1.57. The summed E-state index contributed by atoms with van der Waals surface area (Å²) in [6.45, 7) is 3.29. The van der Waals surface area contributed by atoms with Crippen LogP contribution in [0.2, 0.25) is 0 Å². The lowest BCUT2D eigenvalue weighted by molar-refractivity contribution is -0.849. The number of hydrogen-bond acceptors (Lipinski definition) is 6. The van der Waals surface area contributed by atoms with Crippen LogP contribution in [0.1, 0.15) is 20.8 Å². The van der Waals surface area contributed by atoms with Crippen molar-refractivity contribution >= 4 is 25.2 Å². The Kier molecular flexibility index (Phi) is 8.89. The van der Waals surface area contributed by atoms with Gasteiger partial charge in [-0.15, -0.1) is 0 Å². The van der Waals surface area contributed by atoms with E-state index >= 15 is 0 Å². The molecule has 18 heavy (non-hydrogen) atoms. The highest BCUT2D eigenvalue weighted by Crippen LogP contribution is 1.94. The number of carbonyl (C=O) groups is 3. The van der Waals surface area contributed by atoms with Crippen molar-refractivity contribution in [2.24, 2.45) is 0 Å². The summed E-state index contributed by atoms with van der Waals surface area (Å²) in [4.78, 5) is 31.2. The van der Waals surface area contributed by atoms with E-state index in [0.717, 1.165) is 25.3 Å². The molecule has 0 rings (SSSR count). The van der Waals surface area contributed by atoms with Crippen molar-refractivity contribution < 1.29 is 32.8 Å². The highest BCUT2D eigenvalue weighted by atomic mass is 16.8. The molecule has 0 saturated heterocycles. The third kappa shape index (κ3) is 23.9. The third-order valence-corrected chi connectivity index (χ3v) is 0.787. The van der Waals surface area contributed by atoms with E-state index in [-0.39, 0.29) is 0 Å². The van der Waals surface area contributed by atoms with Crippen LogP contribution >= 0.6 is 0 Å². The van der Waals surface area contributed by atoms with E-state index in [1.54, 1.807) is 0 Å². The van der Waals surface area contributed by atoms with Crippen LogP contribution in [0.3, 0.4) is 0 Å². The molecule has 1 radical (unpaired) electrons. The zero-order chi connectivity index (χ0) is 14.9. The van der Waals surface area contributed by atoms with Crippen molar-refractivity contribution in [3.05, 3.63) is 0 Å². The van der Waals surface area contributed by atoms with Crippen LogP contribution in [0.5, 0.6) is 0 Å². The fourth-order valence-corrected chi connectivity index (χ4v) is 0.479. The summed E-state index contributed by atoms with van der Waals surface area (Å²) in [5.41, 5.74) is 0. The molecule has 0 heterocycles. The standard InChI is InChI=1S/C6H9BO6.C4H12N/c1-4(8)11-7(12-5(2)9)13-6(3)10;1-5(2,3)4/h1-3H3;1-4H3/q-1;+1. The first-order chi connectivity index (χ1) is 7.91. The Morgan fingerprint density at radius 2 is 0.889 bits per heavy atom. The highest BCUT2D eigenvalue weighted by molar-refractivity contribution is 6.43. The van der Waals surface area contributed by atoms with Crippen LogP contribution in [0.15, 0.2) is 0 Å². The Balaban J connectivity index is 0. The molecular formula is C10H21BNO6. The van der Waals surface area contributed by atoms with Gasteiger partial charge in [0.25, 0.3) is 17.9 Å². The highest BCUT2D eigenvalue weighted by Gasteiger charge is 2.12. The number of hydrogen-bond donors (Lipinski definition) is 0. The molecule has 0 N–H and O–H groups in total. The average molecular weight is 262 g/mol. The van der Waals surface area contributed by atoms with Gasteiger partial charge >= 0.3 is 7.32 Å². The number of nitrogens with zero attached hydrogens (tertiary/aromatic N) is 1. The average Bonchev–Trinajstić information content (AvgIpc) is 1.94. The molecule has 7 nitrogen and oxygen atoms in total. The minimum absolute atomic E-state index is 0.715. The molecule has 0 atom stereocenters. The van der Waals surface area contributed by atoms with Crippen molar-refractivity contribution in [2.45, 2.75) is 20.8 Å². The summed E-state index contributed by atoms with van der Waals surface area (Å²) in [6, 6.07) is 0. The molecular weight excluding hydrogens is 241 g/mol. The predicted octanol–water partition coefficient (Wildman–Crippen LogP) is -0.0170. The molecule has 8 heteroatoms. The summed E-state index contributed by atoms with van der Waals surface area (Å²) in [5, 5.41) is 0. The number of carbonyl (C=O) groups excluding carboxylic acids is 3. The molecule has 105 valence electrons. The van der Waals surface area contributed by atoms with Crippen molar-refractivity contribution in [1.29, 1.82) is 0 Å². The zero-order valence-electron chi connectivity index (χ0n) is 12.0. The van der Waals surface area contributed by atoms with Gasteiger partial charge in [0, 0.05) is 20.8 Å². The summed E-state index contributed by atoms with van der Waals surface area (Å²) in [7, 11) is 6.91. The molecule has 0 aliphatic carbocycles. The molecule has 0 aliphatic rings. The van der Waals surface area contributed by atoms with Crippen molar-refractivity contribution in [3.63, 3.8) is 0 Å². The van der Waals surface area contributed by atoms with Gasteiger partial charge in [0.2, 0.25) is 0 Å². The maximum Gasteiger partial charge on any atom is 0.526 e. The van der Waals surface area contributed by atoms with Crippen LogP contribution in [-0.4, -0.2) is 57.9 Å². The molecule has 0 saturated carbocycles. The minimum Gasteiger partial charge on any atom is -0.642 e. The first-order valence-corrected chi connectivity index (χ1v) is 5.22. The van der Waals surface area contributed by atoms with Crippen molar-refractivity contribution in [3.8, 4) is 0 Å². The topological polar surface area (TPSA) is 78.9 Å². The van der Waals surface area contributed by atoms with E-state index < -0.39 is 25.2 Å². The fraction of sp³-hybridized carbons (Fsp3) is 0.700. The first kappa shape index (κ1) is 18.8. The normalized spacial score (nSPS) is 10.0. The van der Waals surface area contributed by atoms with Gasteiger partial charge < -0.3 is 18.4 Å². The molecule has 0 spiro atoms. The summed E-state index contributed by atoms with van der Waals surface area (Å²) in [5.74, 6) is -2.15. The van der Waals surface area contributed by atoms with Crippen molar-refractivity contribution in [1.82, 2.24) is 0 Å². The largest absolute Gasteiger partial charge is 0.642 e. The van der Waals surface area contributed by atoms with Gasteiger partial charge in [0.05, 0.1) is 28.2 Å². The molecule has 0 aromatic heterocycles. The molecule has 0 fully saturated rings. The molecule has 0 unspecified atom stereocenters. The molecule has 0 aliphatic heterocycles. The Morgan fingerprint density at radius 1 is 0.722 bits per heavy atom. The van der Waals surface area contributed by atoms with E-state index in [0.29, 0.717) is 0 Å². The predicted molar refractivity (Wildman–Crippen MR) is 65.0 cm³/mol. The maximum atomic E-state index is 10.4. The van der Waals surface area contributed by atoms with Gasteiger partial charge in [-0.1, -0.05) is 0 Å². The lowest BCUT2D eigenvalue weighted by Gasteiger charge is -2.26. The molecule has 0 amide bonds. The first-order valence-electron chi connectivity index (χ1n) is 5.22. The lowest BCUT2D eigenvalue weighted by Crippen LogP contribution is -2.32. The van der Waals surface area contributed by atoms with Gasteiger partial charge in [0.15, 0.2) is 0 Å². The summed E-state index contributed by atoms with van der Waals surface area (Å²) < 4.78 is 14.0. The Morgan fingerprint density at radius 3 is 1.00 bits per heavy atom. The van der Waals surface area contributed by atoms with E-state index in [4.69, 9.17) is 0 Å². The Bertz CT molecular complexity index is 255. The summed E-state index contributed by atoms with van der Waals surface area (Å²) >= 11 is 0. The van der Waals surface area contributed by atoms with Crippen LogP contribution in [0.25, 0.3) is 0 Å². The quantitative estimate of drug-likeness (QED) is 0.525. The summed E-state index contributed by atoms with van der Waals surface area (Å²) in [6.07, 6.45) is 0. The van der Waals surface area contributed by atoms with Gasteiger partial charge in [-0.05, 0) is 0 Å². The monoisotopic (exact) mass is 262 g/mol. The second-order valence-electron chi connectivity index (χ2n) is 4.80. The zero-order valence-corrected chi connectivity index (χ0v) is 12.0. The second kappa shape index (κ2) is 8.51. The smallest absolute Gasteiger partial charge is 0.526 e. The van der Waals surface area contributed by atoms with Gasteiger partial charge in [0.1, 0.15) is 0 Å². The van der Waals surface area contributed by atoms with Crippen LogP contribution in [0, 0.1) is 0 Å². The molecule has 0 aromatic carbocycles. The van der Waals surface area contributed by atoms with E-state index in [9.17, 15) is 14.4 Å². The number of rotatable bonds is 3. The van der Waals surface area contributed by atoms with Gasteiger partial charge in [-0.2, -0.15) is 0 Å². The lowest BCUT2D eigenvalue weighted by atomic mass is 10.2. The van der Waals surface area contributed by atoms with Gasteiger partial charge in [-0.25, -0.2) is 0 Å². The number of quaternary nitrogens is 1. The van der Waals surface area contributed by atoms with Crippen LogP contribution in [0.4, 0.5) is 0 Å². The van der Waals surface area contributed by atoms with Crippen molar-refractivity contribution in [2.75, 3.05) is 28.2 Å².